The third-order valence-electron chi connectivity index (χ3n) is 3.05. The second-order valence-electron chi connectivity index (χ2n) is 4.99. The van der Waals surface area contributed by atoms with E-state index in [1.165, 1.54) is 0 Å². The van der Waals surface area contributed by atoms with Crippen LogP contribution in [0.15, 0.2) is 65.6 Å². The minimum absolute atomic E-state index is 0.281. The number of rotatable bonds is 5. The van der Waals surface area contributed by atoms with E-state index < -0.39 is 10.0 Å². The summed E-state index contributed by atoms with van der Waals surface area (Å²) in [6.07, 6.45) is 3.74. The van der Waals surface area contributed by atoms with Crippen molar-refractivity contribution >= 4 is 16.1 Å². The molecular formula is C17H19NO2S. The van der Waals surface area contributed by atoms with Gasteiger partial charge in [-0.3, -0.25) is 0 Å². The molecule has 0 radical (unpaired) electrons. The number of benzene rings is 2. The highest BCUT2D eigenvalue weighted by Crippen LogP contribution is 2.11. The Balaban J connectivity index is 2.06. The molecule has 4 heteroatoms. The van der Waals surface area contributed by atoms with Crippen molar-refractivity contribution in [1.29, 1.82) is 0 Å². The molecule has 0 aliphatic heterocycles. The van der Waals surface area contributed by atoms with Crippen LogP contribution in [0.2, 0.25) is 0 Å². The fourth-order valence-electron chi connectivity index (χ4n) is 1.89. The number of sulfonamides is 1. The highest BCUT2D eigenvalue weighted by Gasteiger charge is 2.15. The van der Waals surface area contributed by atoms with Gasteiger partial charge in [0, 0.05) is 6.04 Å². The average molecular weight is 301 g/mol. The van der Waals surface area contributed by atoms with Gasteiger partial charge in [0.1, 0.15) is 0 Å². The van der Waals surface area contributed by atoms with E-state index in [0.29, 0.717) is 0 Å². The van der Waals surface area contributed by atoms with Gasteiger partial charge in [-0.1, -0.05) is 60.2 Å². The normalized spacial score (nSPS) is 13.4. The molecule has 0 aromatic heterocycles. The standard InChI is InChI=1S/C17H19NO2S/c1-14-8-12-17(13-9-14)21(19,20)18-15(2)10-11-16-6-4-3-5-7-16/h3-13,15,18H,1-2H3/b11-10+/t15-/m0/s1. The zero-order chi connectivity index (χ0) is 15.3. The summed E-state index contributed by atoms with van der Waals surface area (Å²) in [6.45, 7) is 3.74. The molecule has 0 heterocycles. The summed E-state index contributed by atoms with van der Waals surface area (Å²) in [7, 11) is -3.48. The Morgan fingerprint density at radius 1 is 1.00 bits per heavy atom. The highest BCUT2D eigenvalue weighted by molar-refractivity contribution is 7.89. The Hall–Kier alpha value is -1.91. The summed E-state index contributed by atoms with van der Waals surface area (Å²) in [5.74, 6) is 0. The van der Waals surface area contributed by atoms with Crippen LogP contribution in [0.3, 0.4) is 0 Å². The molecule has 0 spiro atoms. The molecule has 2 aromatic rings. The third kappa shape index (κ3) is 4.55. The SMILES string of the molecule is Cc1ccc(S(=O)(=O)N[C@@H](C)/C=C/c2ccccc2)cc1. The molecule has 0 fully saturated rings. The Bertz CT molecular complexity index is 704. The Labute approximate surface area is 126 Å². The Morgan fingerprint density at radius 3 is 2.24 bits per heavy atom. The molecule has 1 atom stereocenters. The van der Waals surface area contributed by atoms with Crippen LogP contribution in [-0.2, 0) is 10.0 Å². The molecule has 2 rings (SSSR count). The average Bonchev–Trinajstić information content (AvgIpc) is 2.46. The molecule has 0 saturated carbocycles. The molecule has 0 aliphatic rings. The minimum Gasteiger partial charge on any atom is -0.207 e. The lowest BCUT2D eigenvalue weighted by Crippen LogP contribution is -2.31. The van der Waals surface area contributed by atoms with E-state index in [1.807, 2.05) is 56.3 Å². The summed E-state index contributed by atoms with van der Waals surface area (Å²) in [5, 5.41) is 0. The lowest BCUT2D eigenvalue weighted by Gasteiger charge is -2.11. The quantitative estimate of drug-likeness (QED) is 0.920. The first kappa shape index (κ1) is 15.5. The number of hydrogen-bond acceptors (Lipinski definition) is 2. The lowest BCUT2D eigenvalue weighted by atomic mass is 10.2. The molecule has 2 aromatic carbocycles. The molecular weight excluding hydrogens is 282 g/mol. The Kier molecular flexibility index (Phi) is 4.94. The molecule has 0 unspecified atom stereocenters. The number of hydrogen-bond donors (Lipinski definition) is 1. The zero-order valence-corrected chi connectivity index (χ0v) is 13.0. The molecule has 0 bridgehead atoms. The topological polar surface area (TPSA) is 46.2 Å². The van der Waals surface area contributed by atoms with Gasteiger partial charge in [0.05, 0.1) is 4.90 Å². The predicted molar refractivity (Wildman–Crippen MR) is 86.4 cm³/mol. The van der Waals surface area contributed by atoms with Crippen LogP contribution >= 0.6 is 0 Å². The van der Waals surface area contributed by atoms with Crippen LogP contribution in [-0.4, -0.2) is 14.5 Å². The highest BCUT2D eigenvalue weighted by atomic mass is 32.2. The van der Waals surface area contributed by atoms with Crippen molar-refractivity contribution < 1.29 is 8.42 Å². The van der Waals surface area contributed by atoms with Crippen LogP contribution in [0.4, 0.5) is 0 Å². The van der Waals surface area contributed by atoms with Crippen LogP contribution in [0, 0.1) is 6.92 Å². The first-order chi connectivity index (χ1) is 9.97. The van der Waals surface area contributed by atoms with E-state index in [9.17, 15) is 8.42 Å². The third-order valence-corrected chi connectivity index (χ3v) is 4.62. The van der Waals surface area contributed by atoms with E-state index in [-0.39, 0.29) is 10.9 Å². The first-order valence-electron chi connectivity index (χ1n) is 6.79. The van der Waals surface area contributed by atoms with Crippen LogP contribution in [0.5, 0.6) is 0 Å². The van der Waals surface area contributed by atoms with Gasteiger partial charge in [0.25, 0.3) is 0 Å². The zero-order valence-electron chi connectivity index (χ0n) is 12.2. The summed E-state index contributed by atoms with van der Waals surface area (Å²) >= 11 is 0. The van der Waals surface area contributed by atoms with Gasteiger partial charge < -0.3 is 0 Å². The maximum Gasteiger partial charge on any atom is 0.241 e. The molecule has 21 heavy (non-hydrogen) atoms. The van der Waals surface area contributed by atoms with Crippen molar-refractivity contribution in [3.8, 4) is 0 Å². The van der Waals surface area contributed by atoms with Crippen molar-refractivity contribution in [3.05, 3.63) is 71.8 Å². The van der Waals surface area contributed by atoms with E-state index in [0.717, 1.165) is 11.1 Å². The van der Waals surface area contributed by atoms with Gasteiger partial charge in [0.2, 0.25) is 10.0 Å². The van der Waals surface area contributed by atoms with E-state index in [4.69, 9.17) is 0 Å². The largest absolute Gasteiger partial charge is 0.241 e. The van der Waals surface area contributed by atoms with Gasteiger partial charge in [-0.25, -0.2) is 13.1 Å². The van der Waals surface area contributed by atoms with Gasteiger partial charge in [-0.2, -0.15) is 0 Å². The summed E-state index contributed by atoms with van der Waals surface area (Å²) < 4.78 is 27.1. The molecule has 110 valence electrons. The van der Waals surface area contributed by atoms with Crippen LogP contribution in [0.25, 0.3) is 6.08 Å². The second kappa shape index (κ2) is 6.70. The van der Waals surface area contributed by atoms with Gasteiger partial charge in [-0.05, 0) is 31.5 Å². The second-order valence-corrected chi connectivity index (χ2v) is 6.71. The van der Waals surface area contributed by atoms with E-state index in [2.05, 4.69) is 4.72 Å². The molecule has 3 nitrogen and oxygen atoms in total. The maximum absolute atomic E-state index is 12.2. The molecule has 0 saturated heterocycles. The van der Waals surface area contributed by atoms with Crippen molar-refractivity contribution in [2.45, 2.75) is 24.8 Å². The summed E-state index contributed by atoms with van der Waals surface area (Å²) in [6, 6.07) is 16.3. The summed E-state index contributed by atoms with van der Waals surface area (Å²) in [5.41, 5.74) is 2.07. The van der Waals surface area contributed by atoms with E-state index in [1.54, 1.807) is 24.3 Å². The smallest absolute Gasteiger partial charge is 0.207 e. The molecule has 1 N–H and O–H groups in total. The lowest BCUT2D eigenvalue weighted by molar-refractivity contribution is 0.576. The maximum atomic E-state index is 12.2. The van der Waals surface area contributed by atoms with Gasteiger partial charge in [-0.15, -0.1) is 0 Å². The van der Waals surface area contributed by atoms with Crippen LogP contribution in [0.1, 0.15) is 18.1 Å². The van der Waals surface area contributed by atoms with Crippen molar-refractivity contribution in [2.75, 3.05) is 0 Å². The fraction of sp³-hybridized carbons (Fsp3) is 0.176. The van der Waals surface area contributed by atoms with Gasteiger partial charge in [0.15, 0.2) is 0 Å². The van der Waals surface area contributed by atoms with Crippen molar-refractivity contribution in [3.63, 3.8) is 0 Å². The van der Waals surface area contributed by atoms with Crippen LogP contribution < -0.4 is 4.72 Å². The first-order valence-corrected chi connectivity index (χ1v) is 8.28. The van der Waals surface area contributed by atoms with Crippen molar-refractivity contribution in [1.82, 2.24) is 4.72 Å². The molecule has 0 aliphatic carbocycles. The summed E-state index contributed by atoms with van der Waals surface area (Å²) in [4.78, 5) is 0.285. The van der Waals surface area contributed by atoms with Gasteiger partial charge >= 0.3 is 0 Å². The van der Waals surface area contributed by atoms with Crippen molar-refractivity contribution in [2.24, 2.45) is 0 Å². The minimum atomic E-state index is -3.48. The molecule has 0 amide bonds. The van der Waals surface area contributed by atoms with E-state index >= 15 is 0 Å². The predicted octanol–water partition coefficient (Wildman–Crippen LogP) is 3.38. The monoisotopic (exact) mass is 301 g/mol. The Morgan fingerprint density at radius 2 is 1.62 bits per heavy atom. The number of nitrogens with one attached hydrogen (secondary N) is 1. The number of aryl methyl sites for hydroxylation is 1. The fourth-order valence-corrected chi connectivity index (χ4v) is 3.09.